The highest BCUT2D eigenvalue weighted by Crippen LogP contribution is 2.17. The number of benzene rings is 2. The second kappa shape index (κ2) is 6.22. The van der Waals surface area contributed by atoms with Crippen molar-refractivity contribution in [2.75, 3.05) is 0 Å². The third kappa shape index (κ3) is 4.18. The van der Waals surface area contributed by atoms with Crippen molar-refractivity contribution < 1.29 is 19.1 Å². The fourth-order valence-electron chi connectivity index (χ4n) is 1.73. The van der Waals surface area contributed by atoms with Crippen LogP contribution in [0.2, 0.25) is 0 Å². The van der Waals surface area contributed by atoms with Gasteiger partial charge in [-0.3, -0.25) is 0 Å². The molecule has 0 unspecified atom stereocenters. The molecule has 2 aromatic carbocycles. The maximum Gasteiger partial charge on any atom is 0.341 e. The van der Waals surface area contributed by atoms with E-state index < -0.39 is 17.7 Å². The number of carbonyl (C=O) groups excluding carboxylic acids is 2. The number of carbonyl (C=O) groups is 2. The third-order valence-corrected chi connectivity index (χ3v) is 2.70. The highest BCUT2D eigenvalue weighted by atomic mass is 16.7. The molecule has 0 heterocycles. The lowest BCUT2D eigenvalue weighted by molar-refractivity contribution is -0.143. The smallest absolute Gasteiger partial charge is 0.341 e. The average molecular weight is 284 g/mol. The predicted octanol–water partition coefficient (Wildman–Crippen LogP) is 3.44. The lowest BCUT2D eigenvalue weighted by Gasteiger charge is -2.25. The van der Waals surface area contributed by atoms with Crippen LogP contribution < -0.4 is 0 Å². The first-order valence-electron chi connectivity index (χ1n) is 6.55. The molecule has 0 aliphatic rings. The van der Waals surface area contributed by atoms with Gasteiger partial charge >= 0.3 is 11.9 Å². The maximum absolute atomic E-state index is 12.0. The van der Waals surface area contributed by atoms with Crippen LogP contribution >= 0.6 is 0 Å². The summed E-state index contributed by atoms with van der Waals surface area (Å²) >= 11 is 0. The fourth-order valence-corrected chi connectivity index (χ4v) is 1.73. The summed E-state index contributed by atoms with van der Waals surface area (Å²) in [5.74, 6) is -2.43. The zero-order valence-electron chi connectivity index (χ0n) is 11.9. The van der Waals surface area contributed by atoms with Crippen LogP contribution in [-0.4, -0.2) is 17.7 Å². The quantitative estimate of drug-likeness (QED) is 0.637. The van der Waals surface area contributed by atoms with E-state index in [4.69, 9.17) is 9.47 Å². The molecule has 0 aliphatic heterocycles. The van der Waals surface area contributed by atoms with E-state index in [1.807, 2.05) is 0 Å². The number of esters is 2. The van der Waals surface area contributed by atoms with Gasteiger partial charge < -0.3 is 9.47 Å². The van der Waals surface area contributed by atoms with E-state index in [2.05, 4.69) is 0 Å². The first-order chi connectivity index (χ1) is 9.98. The van der Waals surface area contributed by atoms with E-state index in [0.717, 1.165) is 0 Å². The Hall–Kier alpha value is -2.62. The van der Waals surface area contributed by atoms with E-state index in [9.17, 15) is 9.59 Å². The van der Waals surface area contributed by atoms with Gasteiger partial charge in [-0.15, -0.1) is 0 Å². The summed E-state index contributed by atoms with van der Waals surface area (Å²) in [7, 11) is 0. The standard InChI is InChI=1S/C17H16O4/c1-17(2,20-15(18)13-9-5-3-6-10-13)21-16(19)14-11-7-4-8-12-14/h3-12H,1-2H3. The van der Waals surface area contributed by atoms with Crippen LogP contribution in [0.3, 0.4) is 0 Å². The first-order valence-corrected chi connectivity index (χ1v) is 6.55. The minimum atomic E-state index is -1.35. The molecule has 0 radical (unpaired) electrons. The molecule has 0 aromatic heterocycles. The average Bonchev–Trinajstić information content (AvgIpc) is 2.48. The van der Waals surface area contributed by atoms with Gasteiger partial charge in [0.1, 0.15) is 0 Å². The van der Waals surface area contributed by atoms with Crippen molar-refractivity contribution in [2.24, 2.45) is 0 Å². The molecule has 2 rings (SSSR count). The van der Waals surface area contributed by atoms with Crippen molar-refractivity contribution in [3.8, 4) is 0 Å². The lowest BCUT2D eigenvalue weighted by atomic mass is 10.2. The number of hydrogen-bond donors (Lipinski definition) is 0. The molecule has 0 spiro atoms. The van der Waals surface area contributed by atoms with Gasteiger partial charge in [-0.05, 0) is 24.3 Å². The Morgan fingerprint density at radius 2 is 1.05 bits per heavy atom. The van der Waals surface area contributed by atoms with Gasteiger partial charge in [0.25, 0.3) is 5.79 Å². The molecule has 21 heavy (non-hydrogen) atoms. The predicted molar refractivity (Wildman–Crippen MR) is 77.8 cm³/mol. The fraction of sp³-hybridized carbons (Fsp3) is 0.176. The number of hydrogen-bond acceptors (Lipinski definition) is 4. The van der Waals surface area contributed by atoms with E-state index >= 15 is 0 Å². The first kappa shape index (κ1) is 14.8. The molecule has 0 atom stereocenters. The minimum absolute atomic E-state index is 0.404. The molecule has 2 aromatic rings. The van der Waals surface area contributed by atoms with Crippen LogP contribution in [-0.2, 0) is 9.47 Å². The van der Waals surface area contributed by atoms with Gasteiger partial charge in [0.15, 0.2) is 0 Å². The largest absolute Gasteiger partial charge is 0.419 e. The van der Waals surface area contributed by atoms with Gasteiger partial charge in [-0.25, -0.2) is 9.59 Å². The van der Waals surface area contributed by atoms with Crippen molar-refractivity contribution in [1.82, 2.24) is 0 Å². The summed E-state index contributed by atoms with van der Waals surface area (Å²) in [6.07, 6.45) is 0. The summed E-state index contributed by atoms with van der Waals surface area (Å²) in [5, 5.41) is 0. The van der Waals surface area contributed by atoms with Gasteiger partial charge in [0.2, 0.25) is 0 Å². The Kier molecular flexibility index (Phi) is 4.38. The van der Waals surface area contributed by atoms with Crippen molar-refractivity contribution in [3.63, 3.8) is 0 Å². The van der Waals surface area contributed by atoms with Crippen LogP contribution in [0.1, 0.15) is 34.6 Å². The maximum atomic E-state index is 12.0. The summed E-state index contributed by atoms with van der Waals surface area (Å²) in [5.41, 5.74) is 0.808. The number of ether oxygens (including phenoxy) is 2. The summed E-state index contributed by atoms with van der Waals surface area (Å²) in [4.78, 5) is 23.9. The molecule has 0 fully saturated rings. The van der Waals surface area contributed by atoms with Crippen LogP contribution in [0.25, 0.3) is 0 Å². The van der Waals surface area contributed by atoms with Crippen molar-refractivity contribution >= 4 is 11.9 Å². The highest BCUT2D eigenvalue weighted by molar-refractivity contribution is 5.91. The zero-order valence-corrected chi connectivity index (χ0v) is 11.9. The second-order valence-electron chi connectivity index (χ2n) is 4.91. The SMILES string of the molecule is CC(C)(OC(=O)c1ccccc1)OC(=O)c1ccccc1. The molecular formula is C17H16O4. The topological polar surface area (TPSA) is 52.6 Å². The second-order valence-corrected chi connectivity index (χ2v) is 4.91. The Morgan fingerprint density at radius 3 is 1.38 bits per heavy atom. The summed E-state index contributed by atoms with van der Waals surface area (Å²) in [6, 6.07) is 17.1. The van der Waals surface area contributed by atoms with Crippen LogP contribution in [0.5, 0.6) is 0 Å². The summed E-state index contributed by atoms with van der Waals surface area (Å²) < 4.78 is 10.5. The van der Waals surface area contributed by atoms with Gasteiger partial charge in [-0.2, -0.15) is 0 Å². The van der Waals surface area contributed by atoms with E-state index in [1.165, 1.54) is 13.8 Å². The van der Waals surface area contributed by atoms with Gasteiger partial charge in [0, 0.05) is 13.8 Å². The third-order valence-electron chi connectivity index (χ3n) is 2.70. The highest BCUT2D eigenvalue weighted by Gasteiger charge is 2.28. The normalized spacial score (nSPS) is 10.8. The minimum Gasteiger partial charge on any atom is -0.419 e. The Morgan fingerprint density at radius 1 is 0.714 bits per heavy atom. The van der Waals surface area contributed by atoms with Crippen LogP contribution in [0.4, 0.5) is 0 Å². The Labute approximate surface area is 123 Å². The van der Waals surface area contributed by atoms with Crippen molar-refractivity contribution in [3.05, 3.63) is 71.8 Å². The zero-order chi connectivity index (χ0) is 15.3. The van der Waals surface area contributed by atoms with Crippen molar-refractivity contribution in [1.29, 1.82) is 0 Å². The molecule has 0 amide bonds. The number of rotatable bonds is 4. The Balaban J connectivity index is 2.02. The molecule has 4 heteroatoms. The molecule has 0 saturated carbocycles. The van der Waals surface area contributed by atoms with Crippen molar-refractivity contribution in [2.45, 2.75) is 19.6 Å². The molecule has 0 aliphatic carbocycles. The van der Waals surface area contributed by atoms with E-state index in [1.54, 1.807) is 60.7 Å². The van der Waals surface area contributed by atoms with Gasteiger partial charge in [-0.1, -0.05) is 36.4 Å². The van der Waals surface area contributed by atoms with E-state index in [-0.39, 0.29) is 0 Å². The molecule has 4 nitrogen and oxygen atoms in total. The lowest BCUT2D eigenvalue weighted by Crippen LogP contribution is -2.34. The van der Waals surface area contributed by atoms with E-state index in [0.29, 0.717) is 11.1 Å². The van der Waals surface area contributed by atoms with Crippen LogP contribution in [0.15, 0.2) is 60.7 Å². The van der Waals surface area contributed by atoms with Crippen LogP contribution in [0, 0.1) is 0 Å². The molecule has 0 saturated heterocycles. The Bertz CT molecular complexity index is 562. The summed E-state index contributed by atoms with van der Waals surface area (Å²) in [6.45, 7) is 3.04. The molecule has 0 N–H and O–H groups in total. The van der Waals surface area contributed by atoms with Gasteiger partial charge in [0.05, 0.1) is 11.1 Å². The molecular weight excluding hydrogens is 268 g/mol. The molecule has 0 bridgehead atoms. The molecule has 108 valence electrons. The monoisotopic (exact) mass is 284 g/mol.